The lowest BCUT2D eigenvalue weighted by Gasteiger charge is -2.21. The normalized spacial score (nSPS) is 13.2. The van der Waals surface area contributed by atoms with Crippen LogP contribution < -0.4 is 10.6 Å². The standard InChI is InChI=1S/C20H18N4O2/c1-23(20(21)22-15-6-3-7-16(12-15)24(25)26)18-11-9-14-5-2-4-13-8-10-17(18)19(13)14/h2-7,9,11-12H,8,10H2,1H3,(H2,21,22). The molecular formula is C20H18N4O2. The molecule has 0 amide bonds. The first-order chi connectivity index (χ1) is 12.5. The molecule has 2 N–H and O–H groups in total. The number of aliphatic imine (C=N–C) groups is 1. The summed E-state index contributed by atoms with van der Waals surface area (Å²) in [6.45, 7) is 0. The van der Waals surface area contributed by atoms with E-state index in [0.29, 0.717) is 11.6 Å². The monoisotopic (exact) mass is 346 g/mol. The minimum atomic E-state index is -0.440. The number of benzene rings is 3. The minimum absolute atomic E-state index is 0.00402. The van der Waals surface area contributed by atoms with E-state index in [1.165, 1.54) is 34.0 Å². The van der Waals surface area contributed by atoms with Crippen molar-refractivity contribution in [2.45, 2.75) is 12.8 Å². The van der Waals surface area contributed by atoms with E-state index in [4.69, 9.17) is 5.73 Å². The van der Waals surface area contributed by atoms with Gasteiger partial charge in [0, 0.05) is 24.9 Å². The lowest BCUT2D eigenvalue weighted by atomic mass is 10.0. The number of nitrogens with zero attached hydrogens (tertiary/aromatic N) is 3. The molecule has 26 heavy (non-hydrogen) atoms. The number of nitro benzene ring substituents is 1. The average molecular weight is 346 g/mol. The third-order valence-corrected chi connectivity index (χ3v) is 4.85. The van der Waals surface area contributed by atoms with Crippen molar-refractivity contribution in [2.24, 2.45) is 10.7 Å². The number of aryl methyl sites for hydroxylation is 2. The molecule has 3 aromatic carbocycles. The SMILES string of the molecule is CN(C(N)=Nc1cccc([N+](=O)[O-])c1)c1ccc2cccc3c2c1CC3. The molecular weight excluding hydrogens is 328 g/mol. The van der Waals surface area contributed by atoms with E-state index in [1.807, 2.05) is 11.9 Å². The van der Waals surface area contributed by atoms with Gasteiger partial charge in [-0.2, -0.15) is 0 Å². The summed E-state index contributed by atoms with van der Waals surface area (Å²) < 4.78 is 0. The second-order valence-electron chi connectivity index (χ2n) is 6.38. The summed E-state index contributed by atoms with van der Waals surface area (Å²) in [6.07, 6.45) is 2.00. The molecule has 1 aliphatic rings. The third kappa shape index (κ3) is 2.65. The van der Waals surface area contributed by atoms with Crippen LogP contribution in [-0.4, -0.2) is 17.9 Å². The summed E-state index contributed by atoms with van der Waals surface area (Å²) in [5.41, 5.74) is 10.3. The van der Waals surface area contributed by atoms with Gasteiger partial charge in [0.25, 0.3) is 5.69 Å². The Bertz CT molecular complexity index is 1060. The molecule has 0 bridgehead atoms. The maximum absolute atomic E-state index is 10.9. The number of nitro groups is 1. The van der Waals surface area contributed by atoms with Crippen LogP contribution in [0.4, 0.5) is 17.1 Å². The van der Waals surface area contributed by atoms with Crippen LogP contribution in [0.25, 0.3) is 10.8 Å². The number of anilines is 1. The van der Waals surface area contributed by atoms with Crippen LogP contribution in [0.5, 0.6) is 0 Å². The van der Waals surface area contributed by atoms with E-state index in [1.54, 1.807) is 12.1 Å². The maximum Gasteiger partial charge on any atom is 0.271 e. The molecule has 0 fully saturated rings. The summed E-state index contributed by atoms with van der Waals surface area (Å²) in [7, 11) is 1.87. The van der Waals surface area contributed by atoms with Crippen molar-refractivity contribution in [3.8, 4) is 0 Å². The van der Waals surface area contributed by atoms with Crippen molar-refractivity contribution in [2.75, 3.05) is 11.9 Å². The molecule has 0 spiro atoms. The highest BCUT2D eigenvalue weighted by Crippen LogP contribution is 2.37. The fraction of sp³-hybridized carbons (Fsp3) is 0.150. The van der Waals surface area contributed by atoms with Crippen LogP contribution in [0.2, 0.25) is 0 Å². The number of hydrogen-bond donors (Lipinski definition) is 1. The summed E-state index contributed by atoms with van der Waals surface area (Å²) in [6, 6.07) is 16.7. The van der Waals surface area contributed by atoms with Crippen LogP contribution in [0, 0.1) is 10.1 Å². The highest BCUT2D eigenvalue weighted by molar-refractivity contribution is 6.02. The van der Waals surface area contributed by atoms with Crippen molar-refractivity contribution in [1.29, 1.82) is 0 Å². The quantitative estimate of drug-likeness (QED) is 0.337. The average Bonchev–Trinajstić information content (AvgIpc) is 3.08. The maximum atomic E-state index is 10.9. The van der Waals surface area contributed by atoms with Gasteiger partial charge in [0.2, 0.25) is 5.96 Å². The van der Waals surface area contributed by atoms with E-state index in [2.05, 4.69) is 35.3 Å². The molecule has 0 aliphatic heterocycles. The molecule has 0 aromatic heterocycles. The molecule has 6 nitrogen and oxygen atoms in total. The molecule has 130 valence electrons. The highest BCUT2D eigenvalue weighted by Gasteiger charge is 2.20. The number of nitrogens with two attached hydrogens (primary N) is 1. The first-order valence-electron chi connectivity index (χ1n) is 8.40. The van der Waals surface area contributed by atoms with E-state index >= 15 is 0 Å². The lowest BCUT2D eigenvalue weighted by Crippen LogP contribution is -2.34. The van der Waals surface area contributed by atoms with Gasteiger partial charge in [0.05, 0.1) is 10.6 Å². The van der Waals surface area contributed by atoms with Gasteiger partial charge < -0.3 is 10.6 Å². The van der Waals surface area contributed by atoms with Crippen molar-refractivity contribution in [1.82, 2.24) is 0 Å². The third-order valence-electron chi connectivity index (χ3n) is 4.85. The van der Waals surface area contributed by atoms with Crippen molar-refractivity contribution < 1.29 is 4.92 Å². The number of rotatable bonds is 3. The highest BCUT2D eigenvalue weighted by atomic mass is 16.6. The Morgan fingerprint density at radius 2 is 1.96 bits per heavy atom. The van der Waals surface area contributed by atoms with E-state index in [-0.39, 0.29) is 5.69 Å². The lowest BCUT2D eigenvalue weighted by molar-refractivity contribution is -0.384. The number of guanidine groups is 1. The Kier molecular flexibility index (Phi) is 3.80. The van der Waals surface area contributed by atoms with Crippen LogP contribution in [0.1, 0.15) is 11.1 Å². The summed E-state index contributed by atoms with van der Waals surface area (Å²) in [5.74, 6) is 0.297. The zero-order valence-corrected chi connectivity index (χ0v) is 14.3. The first kappa shape index (κ1) is 16.1. The van der Waals surface area contributed by atoms with E-state index in [0.717, 1.165) is 18.5 Å². The summed E-state index contributed by atoms with van der Waals surface area (Å²) in [5, 5.41) is 13.5. The largest absolute Gasteiger partial charge is 0.369 e. The molecule has 0 saturated carbocycles. The second kappa shape index (κ2) is 6.15. The molecule has 0 saturated heterocycles. The van der Waals surface area contributed by atoms with Crippen LogP contribution in [0.3, 0.4) is 0 Å². The predicted molar refractivity (Wildman–Crippen MR) is 104 cm³/mol. The van der Waals surface area contributed by atoms with Crippen LogP contribution >= 0.6 is 0 Å². The van der Waals surface area contributed by atoms with Crippen molar-refractivity contribution in [3.05, 3.63) is 75.8 Å². The van der Waals surface area contributed by atoms with Gasteiger partial charge in [-0.15, -0.1) is 0 Å². The molecule has 4 rings (SSSR count). The topological polar surface area (TPSA) is 84.8 Å². The molecule has 0 heterocycles. The molecule has 6 heteroatoms. The van der Waals surface area contributed by atoms with Gasteiger partial charge >= 0.3 is 0 Å². The fourth-order valence-corrected chi connectivity index (χ4v) is 3.57. The zero-order chi connectivity index (χ0) is 18.3. The van der Waals surface area contributed by atoms with E-state index < -0.39 is 4.92 Å². The minimum Gasteiger partial charge on any atom is -0.369 e. The smallest absolute Gasteiger partial charge is 0.271 e. The molecule has 0 unspecified atom stereocenters. The Balaban J connectivity index is 1.72. The summed E-state index contributed by atoms with van der Waals surface area (Å²) >= 11 is 0. The van der Waals surface area contributed by atoms with Gasteiger partial charge in [-0.25, -0.2) is 4.99 Å². The molecule has 0 radical (unpaired) electrons. The van der Waals surface area contributed by atoms with Crippen molar-refractivity contribution >= 4 is 33.8 Å². The zero-order valence-electron chi connectivity index (χ0n) is 14.3. The first-order valence-corrected chi connectivity index (χ1v) is 8.40. The summed E-state index contributed by atoms with van der Waals surface area (Å²) in [4.78, 5) is 16.7. The van der Waals surface area contributed by atoms with Crippen LogP contribution in [-0.2, 0) is 12.8 Å². The fourth-order valence-electron chi connectivity index (χ4n) is 3.57. The number of non-ortho nitro benzene ring substituents is 1. The Hall–Kier alpha value is -3.41. The Morgan fingerprint density at radius 3 is 2.77 bits per heavy atom. The van der Waals surface area contributed by atoms with Crippen LogP contribution in [0.15, 0.2) is 59.6 Å². The molecule has 3 aromatic rings. The van der Waals surface area contributed by atoms with Gasteiger partial charge in [0.15, 0.2) is 0 Å². The van der Waals surface area contributed by atoms with Gasteiger partial charge in [-0.3, -0.25) is 10.1 Å². The van der Waals surface area contributed by atoms with Gasteiger partial charge in [-0.1, -0.05) is 30.3 Å². The number of hydrogen-bond acceptors (Lipinski definition) is 3. The Labute approximate surface area is 150 Å². The van der Waals surface area contributed by atoms with Gasteiger partial charge in [-0.05, 0) is 46.9 Å². The van der Waals surface area contributed by atoms with E-state index in [9.17, 15) is 10.1 Å². The predicted octanol–water partition coefficient (Wildman–Crippen LogP) is 3.93. The Morgan fingerprint density at radius 1 is 1.15 bits per heavy atom. The second-order valence-corrected chi connectivity index (χ2v) is 6.38. The molecule has 0 atom stereocenters. The molecule has 1 aliphatic carbocycles. The van der Waals surface area contributed by atoms with Crippen molar-refractivity contribution in [3.63, 3.8) is 0 Å². The van der Waals surface area contributed by atoms with Gasteiger partial charge in [0.1, 0.15) is 0 Å².